The average Bonchev–Trinajstić information content (AvgIpc) is 2.34. The van der Waals surface area contributed by atoms with E-state index >= 15 is 0 Å². The van der Waals surface area contributed by atoms with Crippen LogP contribution >= 0.6 is 0 Å². The molecule has 0 aromatic heterocycles. The van der Waals surface area contributed by atoms with Crippen LogP contribution in [0.15, 0.2) is 0 Å². The first kappa shape index (κ1) is 15.2. The van der Waals surface area contributed by atoms with Crippen LogP contribution in [0.4, 0.5) is 13.2 Å². The number of carbonyl (C=O) groups excluding carboxylic acids is 1. The fraction of sp³-hybridized carbons (Fsp3) is 0.909. The second kappa shape index (κ2) is 6.38. The van der Waals surface area contributed by atoms with Gasteiger partial charge in [0.1, 0.15) is 0 Å². The molecule has 3 N–H and O–H groups in total. The number of hydrogen-bond donors (Lipinski definition) is 3. The van der Waals surface area contributed by atoms with Gasteiger partial charge in [-0.05, 0) is 19.3 Å². The highest BCUT2D eigenvalue weighted by atomic mass is 19.4. The molecule has 0 aromatic carbocycles. The van der Waals surface area contributed by atoms with Crippen LogP contribution in [-0.4, -0.2) is 41.6 Å². The van der Waals surface area contributed by atoms with E-state index in [0.717, 1.165) is 0 Å². The molecular weight excluding hydrogens is 251 g/mol. The molecule has 2 unspecified atom stereocenters. The van der Waals surface area contributed by atoms with Crippen molar-refractivity contribution in [1.29, 1.82) is 0 Å². The van der Waals surface area contributed by atoms with Gasteiger partial charge in [0.15, 0.2) is 0 Å². The summed E-state index contributed by atoms with van der Waals surface area (Å²) < 4.78 is 37.7. The van der Waals surface area contributed by atoms with Gasteiger partial charge in [-0.2, -0.15) is 13.2 Å². The number of aliphatic hydroxyl groups excluding tert-OH is 2. The van der Waals surface area contributed by atoms with E-state index in [0.29, 0.717) is 12.8 Å². The predicted molar refractivity (Wildman–Crippen MR) is 57.6 cm³/mol. The van der Waals surface area contributed by atoms with E-state index in [4.69, 9.17) is 10.2 Å². The zero-order valence-electron chi connectivity index (χ0n) is 9.91. The summed E-state index contributed by atoms with van der Waals surface area (Å²) in [6, 6.07) is -0.802. The van der Waals surface area contributed by atoms with Crippen LogP contribution in [0, 0.1) is 11.8 Å². The van der Waals surface area contributed by atoms with E-state index in [-0.39, 0.29) is 12.8 Å². The maximum Gasteiger partial charge on any atom is 0.391 e. The van der Waals surface area contributed by atoms with Crippen LogP contribution in [0.1, 0.15) is 25.7 Å². The molecule has 4 nitrogen and oxygen atoms in total. The third-order valence-electron chi connectivity index (χ3n) is 3.30. The Kier molecular flexibility index (Phi) is 5.40. The van der Waals surface area contributed by atoms with E-state index in [9.17, 15) is 18.0 Å². The number of hydrogen-bond acceptors (Lipinski definition) is 3. The molecule has 18 heavy (non-hydrogen) atoms. The van der Waals surface area contributed by atoms with Crippen molar-refractivity contribution < 1.29 is 28.2 Å². The third-order valence-corrected chi connectivity index (χ3v) is 3.30. The summed E-state index contributed by atoms with van der Waals surface area (Å²) in [6.45, 7) is -0.866. The summed E-state index contributed by atoms with van der Waals surface area (Å²) in [5.74, 6) is -2.63. The number of rotatable bonds is 4. The summed E-state index contributed by atoms with van der Waals surface area (Å²) in [5, 5.41) is 20.0. The average molecular weight is 269 g/mol. The lowest BCUT2D eigenvalue weighted by atomic mass is 9.80. The molecule has 1 fully saturated rings. The Bertz CT molecular complexity index is 279. The Morgan fingerprint density at radius 1 is 1.28 bits per heavy atom. The van der Waals surface area contributed by atoms with Gasteiger partial charge in [-0.25, -0.2) is 0 Å². The van der Waals surface area contributed by atoms with Crippen molar-refractivity contribution in [3.8, 4) is 0 Å². The fourth-order valence-electron chi connectivity index (χ4n) is 2.19. The molecule has 0 bridgehead atoms. The standard InChI is InChI=1S/C11H18F3NO3/c12-11(13,14)8-3-1-2-7(4-8)10(18)15-9(5-16)6-17/h7-9,16-17H,1-6H2,(H,15,18). The Morgan fingerprint density at radius 2 is 1.89 bits per heavy atom. The normalized spacial score (nSPS) is 25.2. The van der Waals surface area contributed by atoms with Crippen LogP contribution in [0.2, 0.25) is 0 Å². The Hall–Kier alpha value is -0.820. The number of alkyl halides is 3. The van der Waals surface area contributed by atoms with E-state index in [2.05, 4.69) is 5.32 Å². The largest absolute Gasteiger partial charge is 0.394 e. The predicted octanol–water partition coefficient (Wildman–Crippen LogP) is 0.824. The van der Waals surface area contributed by atoms with Crippen molar-refractivity contribution in [2.45, 2.75) is 37.9 Å². The lowest BCUT2D eigenvalue weighted by molar-refractivity contribution is -0.186. The number of amides is 1. The molecule has 0 radical (unpaired) electrons. The molecule has 1 amide bonds. The van der Waals surface area contributed by atoms with Gasteiger partial charge in [0.2, 0.25) is 5.91 Å². The van der Waals surface area contributed by atoms with E-state index in [1.165, 1.54) is 0 Å². The molecular formula is C11H18F3NO3. The van der Waals surface area contributed by atoms with Gasteiger partial charge in [0.05, 0.1) is 25.2 Å². The van der Waals surface area contributed by atoms with Crippen molar-refractivity contribution >= 4 is 5.91 Å². The Morgan fingerprint density at radius 3 is 2.39 bits per heavy atom. The van der Waals surface area contributed by atoms with Crippen LogP contribution < -0.4 is 5.32 Å². The zero-order valence-corrected chi connectivity index (χ0v) is 9.91. The number of nitrogens with one attached hydrogen (secondary N) is 1. The van der Waals surface area contributed by atoms with Gasteiger partial charge in [-0.3, -0.25) is 4.79 Å². The molecule has 1 saturated carbocycles. The van der Waals surface area contributed by atoms with Crippen LogP contribution in [-0.2, 0) is 4.79 Å². The molecule has 1 rings (SSSR count). The summed E-state index contributed by atoms with van der Waals surface area (Å²) in [4.78, 5) is 11.7. The summed E-state index contributed by atoms with van der Waals surface area (Å²) >= 11 is 0. The molecule has 2 atom stereocenters. The first-order valence-corrected chi connectivity index (χ1v) is 5.97. The third kappa shape index (κ3) is 4.13. The number of aliphatic hydroxyl groups is 2. The number of carbonyl (C=O) groups is 1. The highest BCUT2D eigenvalue weighted by Crippen LogP contribution is 2.39. The first-order chi connectivity index (χ1) is 8.38. The Labute approximate surface area is 103 Å². The van der Waals surface area contributed by atoms with Gasteiger partial charge in [-0.15, -0.1) is 0 Å². The van der Waals surface area contributed by atoms with Crippen LogP contribution in [0.3, 0.4) is 0 Å². The van der Waals surface area contributed by atoms with Crippen LogP contribution in [0.25, 0.3) is 0 Å². The highest BCUT2D eigenvalue weighted by Gasteiger charge is 2.43. The summed E-state index contributed by atoms with van der Waals surface area (Å²) in [6.07, 6.45) is -3.62. The van der Waals surface area contributed by atoms with E-state index in [1.807, 2.05) is 0 Å². The van der Waals surface area contributed by atoms with Crippen molar-refractivity contribution in [1.82, 2.24) is 5.32 Å². The first-order valence-electron chi connectivity index (χ1n) is 5.97. The molecule has 7 heteroatoms. The maximum atomic E-state index is 12.6. The summed E-state index contributed by atoms with van der Waals surface area (Å²) in [7, 11) is 0. The second-order valence-corrected chi connectivity index (χ2v) is 4.67. The maximum absolute atomic E-state index is 12.6. The molecule has 0 saturated heterocycles. The minimum Gasteiger partial charge on any atom is -0.394 e. The lowest BCUT2D eigenvalue weighted by Crippen LogP contribution is -2.45. The SMILES string of the molecule is O=C(NC(CO)CO)C1CCCC(C(F)(F)F)C1. The molecule has 1 aliphatic rings. The van der Waals surface area contributed by atoms with E-state index < -0.39 is 43.2 Å². The minimum atomic E-state index is -4.26. The summed E-state index contributed by atoms with van der Waals surface area (Å²) in [5.41, 5.74) is 0. The fourth-order valence-corrected chi connectivity index (χ4v) is 2.19. The van der Waals surface area contributed by atoms with Gasteiger partial charge < -0.3 is 15.5 Å². The van der Waals surface area contributed by atoms with Gasteiger partial charge >= 0.3 is 6.18 Å². The van der Waals surface area contributed by atoms with E-state index in [1.54, 1.807) is 0 Å². The quantitative estimate of drug-likeness (QED) is 0.708. The Balaban J connectivity index is 2.53. The molecule has 0 aliphatic heterocycles. The molecule has 1 aliphatic carbocycles. The topological polar surface area (TPSA) is 69.6 Å². The number of halogens is 3. The van der Waals surface area contributed by atoms with Crippen molar-refractivity contribution in [3.05, 3.63) is 0 Å². The van der Waals surface area contributed by atoms with Crippen molar-refractivity contribution in [2.24, 2.45) is 11.8 Å². The highest BCUT2D eigenvalue weighted by molar-refractivity contribution is 5.79. The zero-order chi connectivity index (χ0) is 13.8. The van der Waals surface area contributed by atoms with Gasteiger partial charge in [-0.1, -0.05) is 6.42 Å². The molecule has 0 aromatic rings. The molecule has 0 spiro atoms. The van der Waals surface area contributed by atoms with Crippen LogP contribution in [0.5, 0.6) is 0 Å². The second-order valence-electron chi connectivity index (χ2n) is 4.67. The molecule has 106 valence electrons. The lowest BCUT2D eigenvalue weighted by Gasteiger charge is -2.30. The van der Waals surface area contributed by atoms with Crippen molar-refractivity contribution in [3.63, 3.8) is 0 Å². The van der Waals surface area contributed by atoms with Crippen molar-refractivity contribution in [2.75, 3.05) is 13.2 Å². The van der Waals surface area contributed by atoms with Gasteiger partial charge in [0, 0.05) is 5.92 Å². The van der Waals surface area contributed by atoms with Gasteiger partial charge in [0.25, 0.3) is 0 Å². The smallest absolute Gasteiger partial charge is 0.391 e. The monoisotopic (exact) mass is 269 g/mol. The minimum absolute atomic E-state index is 0.0662. The molecule has 0 heterocycles.